The van der Waals surface area contributed by atoms with E-state index in [1.165, 1.54) is 28.5 Å². The lowest BCUT2D eigenvalue weighted by molar-refractivity contribution is -0.134. The van der Waals surface area contributed by atoms with Gasteiger partial charge in [-0.1, -0.05) is 22.4 Å². The Kier molecular flexibility index (Phi) is 10.3. The number of benzene rings is 2. The normalized spacial score (nSPS) is 17.5. The number of aryl methyl sites for hydroxylation is 2. The quantitative estimate of drug-likeness (QED) is 0.177. The third-order valence-corrected chi connectivity index (χ3v) is 8.67. The maximum atomic E-state index is 12.0. The summed E-state index contributed by atoms with van der Waals surface area (Å²) >= 11 is 0. The Morgan fingerprint density at radius 3 is 2.49 bits per heavy atom. The molecular formula is C28H37NO6S2+2. The molecule has 7 nitrogen and oxygen atoms in total. The molecule has 0 aromatic heterocycles. The van der Waals surface area contributed by atoms with Crippen LogP contribution in [0, 0.1) is 13.8 Å². The second kappa shape index (κ2) is 13.2. The summed E-state index contributed by atoms with van der Waals surface area (Å²) in [6, 6.07) is 11.2. The van der Waals surface area contributed by atoms with Crippen molar-refractivity contribution < 1.29 is 27.6 Å². The Morgan fingerprint density at radius 1 is 1.19 bits per heavy atom. The summed E-state index contributed by atoms with van der Waals surface area (Å²) in [6.07, 6.45) is 10.4. The van der Waals surface area contributed by atoms with Crippen LogP contribution < -0.4 is 10.1 Å². The van der Waals surface area contributed by atoms with Crippen molar-refractivity contribution in [3.63, 3.8) is 0 Å². The number of anilines is 1. The molecule has 0 bridgehead atoms. The van der Waals surface area contributed by atoms with E-state index < -0.39 is 27.0 Å². The zero-order valence-corrected chi connectivity index (χ0v) is 23.3. The van der Waals surface area contributed by atoms with Gasteiger partial charge in [-0.25, -0.2) is 4.79 Å². The van der Waals surface area contributed by atoms with Crippen molar-refractivity contribution in [1.29, 1.82) is 0 Å². The van der Waals surface area contributed by atoms with Crippen molar-refractivity contribution in [3.8, 4) is 5.75 Å². The average molecular weight is 548 g/mol. The highest BCUT2D eigenvalue weighted by molar-refractivity contribution is 7.97. The van der Waals surface area contributed by atoms with Gasteiger partial charge in [-0.3, -0.25) is 0 Å². The van der Waals surface area contributed by atoms with Crippen LogP contribution in [-0.2, 0) is 34.2 Å². The van der Waals surface area contributed by atoms with Gasteiger partial charge in [0.25, 0.3) is 0 Å². The van der Waals surface area contributed by atoms with Gasteiger partial charge in [0, 0.05) is 24.6 Å². The fourth-order valence-corrected chi connectivity index (χ4v) is 6.11. The summed E-state index contributed by atoms with van der Waals surface area (Å²) < 4.78 is 38.7. The van der Waals surface area contributed by atoms with Gasteiger partial charge < -0.3 is 15.2 Å². The van der Waals surface area contributed by atoms with Crippen LogP contribution in [0.5, 0.6) is 5.75 Å². The van der Waals surface area contributed by atoms with Crippen LogP contribution in [0.2, 0.25) is 0 Å². The van der Waals surface area contributed by atoms with Crippen LogP contribution >= 0.6 is 0 Å². The largest absolute Gasteiger partial charge is 0.493 e. The minimum atomic E-state index is -2.73. The molecule has 3 N–H and O–H groups in total. The zero-order valence-electron chi connectivity index (χ0n) is 21.6. The van der Waals surface area contributed by atoms with Gasteiger partial charge in [0.2, 0.25) is 16.0 Å². The molecule has 0 radical (unpaired) electrons. The summed E-state index contributed by atoms with van der Waals surface area (Å²) in [4.78, 5) is 11.3. The second-order valence-corrected chi connectivity index (χ2v) is 13.4. The molecular weight excluding hydrogens is 510 g/mol. The number of allylic oxidation sites excluding steroid dienone is 3. The summed E-state index contributed by atoms with van der Waals surface area (Å²) in [5.74, 6) is -0.102. The number of hydrogen-bond donors (Lipinski definition) is 3. The van der Waals surface area contributed by atoms with E-state index in [2.05, 4.69) is 37.4 Å². The number of carboxylic acid groups (broad SMARTS) is 1. The van der Waals surface area contributed by atoms with Crippen LogP contribution in [-0.4, -0.2) is 46.5 Å². The Bertz CT molecular complexity index is 1210. The van der Waals surface area contributed by atoms with E-state index in [0.717, 1.165) is 30.8 Å². The van der Waals surface area contributed by atoms with Crippen molar-refractivity contribution in [2.75, 3.05) is 36.2 Å². The van der Waals surface area contributed by atoms with E-state index in [1.54, 1.807) is 12.1 Å². The summed E-state index contributed by atoms with van der Waals surface area (Å²) in [6.45, 7) is 5.36. The van der Waals surface area contributed by atoms with Gasteiger partial charge in [0.15, 0.2) is 4.90 Å². The lowest BCUT2D eigenvalue weighted by Gasteiger charge is -2.22. The standard InChI is InChI=1S/C28H35NO6S2/c1-20-16-25(35-14-5-15-37(3,33)34)17-21(2)28(20)23-7-4-6-22(18-23)12-13-29-24-8-10-26(11-9-24)36(32)19-27(30)31/h4,6,8-11,16-18,23H,5,7,12-15,19H2,1-3H3,(H2-,29,30,31,32,33,34)/p+2. The SMILES string of the molecule is Cc1cc(OCCC[S+](C)(=O)O)cc(C)c1C1C=C(CCNc2ccc([SH+](=O)CC(=O)O)cc2)C=CC1. The van der Waals surface area contributed by atoms with E-state index in [4.69, 9.17) is 9.84 Å². The van der Waals surface area contributed by atoms with Crippen molar-refractivity contribution >= 4 is 32.7 Å². The first-order chi connectivity index (χ1) is 17.5. The van der Waals surface area contributed by atoms with Crippen LogP contribution in [0.25, 0.3) is 0 Å². The Morgan fingerprint density at radius 2 is 1.86 bits per heavy atom. The molecule has 2 aromatic carbocycles. The van der Waals surface area contributed by atoms with E-state index in [1.807, 2.05) is 24.3 Å². The number of ether oxygens (including phenoxy) is 1. The zero-order chi connectivity index (χ0) is 27.0. The van der Waals surface area contributed by atoms with Crippen molar-refractivity contribution in [3.05, 3.63) is 76.9 Å². The number of nitrogens with one attached hydrogen (secondary N) is 1. The summed E-state index contributed by atoms with van der Waals surface area (Å²) in [5, 5.41) is 12.2. The van der Waals surface area contributed by atoms with Crippen molar-refractivity contribution in [2.45, 2.75) is 43.9 Å². The molecule has 37 heavy (non-hydrogen) atoms. The number of aliphatic carboxylic acids is 1. The molecule has 200 valence electrons. The molecule has 1 aliphatic rings. The van der Waals surface area contributed by atoms with Gasteiger partial charge in [-0.05, 0) is 85.4 Å². The average Bonchev–Trinajstić information content (AvgIpc) is 2.81. The van der Waals surface area contributed by atoms with E-state index in [-0.39, 0.29) is 17.4 Å². The van der Waals surface area contributed by atoms with E-state index in [0.29, 0.717) is 17.9 Å². The lowest BCUT2D eigenvalue weighted by Crippen LogP contribution is -2.14. The summed E-state index contributed by atoms with van der Waals surface area (Å²) in [5.41, 5.74) is 5.82. The van der Waals surface area contributed by atoms with Gasteiger partial charge in [0.05, 0.1) is 6.61 Å². The number of rotatable bonds is 13. The third-order valence-electron chi connectivity index (χ3n) is 6.19. The fourth-order valence-electron chi connectivity index (χ4n) is 4.55. The van der Waals surface area contributed by atoms with Crippen LogP contribution in [0.15, 0.2) is 65.1 Å². The molecule has 9 heteroatoms. The van der Waals surface area contributed by atoms with Crippen LogP contribution in [0.4, 0.5) is 5.69 Å². The van der Waals surface area contributed by atoms with Gasteiger partial charge in [-0.15, -0.1) is 4.21 Å². The molecule has 2 aromatic rings. The summed E-state index contributed by atoms with van der Waals surface area (Å²) in [7, 11) is -4.65. The molecule has 0 saturated heterocycles. The number of thiol groups is 1. The first kappa shape index (κ1) is 28.8. The highest BCUT2D eigenvalue weighted by Gasteiger charge is 2.19. The fraction of sp³-hybridized carbons (Fsp3) is 0.393. The van der Waals surface area contributed by atoms with E-state index in [9.17, 15) is 17.8 Å². The number of hydrogen-bond acceptors (Lipinski definition) is 5. The smallest absolute Gasteiger partial charge is 0.353 e. The molecule has 0 amide bonds. The third kappa shape index (κ3) is 9.25. The van der Waals surface area contributed by atoms with Gasteiger partial charge >= 0.3 is 5.97 Å². The molecule has 0 spiro atoms. The highest BCUT2D eigenvalue weighted by Crippen LogP contribution is 2.34. The highest BCUT2D eigenvalue weighted by atomic mass is 32.3. The van der Waals surface area contributed by atoms with Crippen molar-refractivity contribution in [1.82, 2.24) is 0 Å². The maximum absolute atomic E-state index is 12.0. The molecule has 1 aliphatic carbocycles. The maximum Gasteiger partial charge on any atom is 0.353 e. The van der Waals surface area contributed by atoms with Gasteiger partial charge in [-0.2, -0.15) is 4.55 Å². The predicted octanol–water partition coefficient (Wildman–Crippen LogP) is 5.29. The Labute approximate surface area is 222 Å². The second-order valence-electron chi connectivity index (χ2n) is 9.48. The first-order valence-corrected chi connectivity index (χ1v) is 15.9. The van der Waals surface area contributed by atoms with E-state index >= 15 is 0 Å². The minimum Gasteiger partial charge on any atom is -0.493 e. The molecule has 0 heterocycles. The van der Waals surface area contributed by atoms with Gasteiger partial charge in [0.1, 0.15) is 28.6 Å². The molecule has 0 aliphatic heterocycles. The molecule has 3 unspecified atom stereocenters. The Balaban J connectivity index is 1.56. The van der Waals surface area contributed by atoms with Crippen LogP contribution in [0.3, 0.4) is 0 Å². The number of carbonyl (C=O) groups is 1. The van der Waals surface area contributed by atoms with Crippen LogP contribution in [0.1, 0.15) is 41.9 Å². The number of carboxylic acids is 1. The molecule has 3 rings (SSSR count). The topological polar surface area (TPSA) is 113 Å². The first-order valence-electron chi connectivity index (χ1n) is 12.3. The minimum absolute atomic E-state index is 0.235. The molecule has 3 atom stereocenters. The molecule has 0 saturated carbocycles. The Hall–Kier alpha value is -2.75. The monoisotopic (exact) mass is 547 g/mol. The van der Waals surface area contributed by atoms with Crippen molar-refractivity contribution in [2.24, 2.45) is 0 Å². The molecule has 0 fully saturated rings. The predicted molar refractivity (Wildman–Crippen MR) is 152 cm³/mol. The lowest BCUT2D eigenvalue weighted by atomic mass is 9.84.